The van der Waals surface area contributed by atoms with Gasteiger partial charge in [-0.15, -0.1) is 5.10 Å². The summed E-state index contributed by atoms with van der Waals surface area (Å²) in [4.78, 5) is 16.6. The van der Waals surface area contributed by atoms with Gasteiger partial charge in [-0.3, -0.25) is 9.78 Å². The van der Waals surface area contributed by atoms with Crippen LogP contribution in [0, 0.1) is 0 Å². The van der Waals surface area contributed by atoms with Crippen molar-refractivity contribution < 1.29 is 4.79 Å². The first-order chi connectivity index (χ1) is 12.5. The highest BCUT2D eigenvalue weighted by atomic mass is 16.1. The van der Waals surface area contributed by atoms with Crippen LogP contribution < -0.4 is 16.8 Å². The molecular formula is C19H18N6O. The van der Waals surface area contributed by atoms with E-state index in [9.17, 15) is 4.79 Å². The number of carbonyl (C=O) groups excluding carboxylic acids is 1. The number of guanidine groups is 1. The van der Waals surface area contributed by atoms with E-state index in [1.807, 2.05) is 36.4 Å². The van der Waals surface area contributed by atoms with Crippen molar-refractivity contribution in [1.82, 2.24) is 4.98 Å². The van der Waals surface area contributed by atoms with Crippen molar-refractivity contribution in [2.75, 3.05) is 5.32 Å². The van der Waals surface area contributed by atoms with Gasteiger partial charge in [0.2, 0.25) is 5.96 Å². The zero-order valence-corrected chi connectivity index (χ0v) is 14.2. The van der Waals surface area contributed by atoms with Crippen LogP contribution in [0.1, 0.15) is 23.0 Å². The highest BCUT2D eigenvalue weighted by Gasteiger charge is 2.09. The van der Waals surface area contributed by atoms with Gasteiger partial charge in [0.15, 0.2) is 0 Å². The predicted molar refractivity (Wildman–Crippen MR) is 104 cm³/mol. The SMILES string of the molecule is CC(=NN=C(N)N)c1ccc(NC(=O)c2cc3ccccc3cn2)cc1. The highest BCUT2D eigenvalue weighted by Crippen LogP contribution is 2.15. The van der Waals surface area contributed by atoms with Crippen LogP contribution in [-0.2, 0) is 0 Å². The Bertz CT molecular complexity index is 1000. The smallest absolute Gasteiger partial charge is 0.274 e. The van der Waals surface area contributed by atoms with Crippen molar-refractivity contribution in [2.24, 2.45) is 21.7 Å². The molecule has 3 aromatic rings. The van der Waals surface area contributed by atoms with Crippen LogP contribution >= 0.6 is 0 Å². The van der Waals surface area contributed by atoms with E-state index in [2.05, 4.69) is 20.5 Å². The third-order valence-corrected chi connectivity index (χ3v) is 3.74. The zero-order valence-electron chi connectivity index (χ0n) is 14.2. The largest absolute Gasteiger partial charge is 0.369 e. The maximum Gasteiger partial charge on any atom is 0.274 e. The number of aromatic nitrogens is 1. The van der Waals surface area contributed by atoms with Crippen LogP contribution in [0.3, 0.4) is 0 Å². The molecule has 7 heteroatoms. The van der Waals surface area contributed by atoms with Crippen molar-refractivity contribution >= 4 is 34.0 Å². The van der Waals surface area contributed by atoms with E-state index >= 15 is 0 Å². The minimum atomic E-state index is -0.269. The molecule has 2 aromatic carbocycles. The fraction of sp³-hybridized carbons (Fsp3) is 0.0526. The molecule has 130 valence electrons. The molecule has 0 aliphatic carbocycles. The van der Waals surface area contributed by atoms with Gasteiger partial charge >= 0.3 is 0 Å². The van der Waals surface area contributed by atoms with Gasteiger partial charge in [0.1, 0.15) is 5.69 Å². The Hall–Kier alpha value is -3.74. The maximum absolute atomic E-state index is 12.4. The summed E-state index contributed by atoms with van der Waals surface area (Å²) in [6.07, 6.45) is 1.69. The second-order valence-corrected chi connectivity index (χ2v) is 5.66. The normalized spacial score (nSPS) is 11.2. The summed E-state index contributed by atoms with van der Waals surface area (Å²) in [6, 6.07) is 16.7. The van der Waals surface area contributed by atoms with E-state index in [-0.39, 0.29) is 11.9 Å². The standard InChI is InChI=1S/C19H18N6O/c1-12(24-25-19(20)21)13-6-8-16(9-7-13)23-18(26)17-10-14-4-2-3-5-15(14)11-22-17/h2-11H,1H3,(H,23,26)(H4,20,21,25). The molecule has 26 heavy (non-hydrogen) atoms. The van der Waals surface area contributed by atoms with Crippen LogP contribution in [0.2, 0.25) is 0 Å². The van der Waals surface area contributed by atoms with Crippen molar-refractivity contribution in [1.29, 1.82) is 0 Å². The third-order valence-electron chi connectivity index (χ3n) is 3.74. The average Bonchev–Trinajstić information content (AvgIpc) is 2.66. The van der Waals surface area contributed by atoms with Crippen LogP contribution in [-0.4, -0.2) is 22.6 Å². The minimum absolute atomic E-state index is 0.101. The fourth-order valence-corrected chi connectivity index (χ4v) is 2.39. The Morgan fingerprint density at radius 1 is 1.00 bits per heavy atom. The first-order valence-corrected chi connectivity index (χ1v) is 7.93. The van der Waals surface area contributed by atoms with Gasteiger partial charge in [-0.25, -0.2) is 0 Å². The Morgan fingerprint density at radius 2 is 1.69 bits per heavy atom. The molecule has 0 fully saturated rings. The Labute approximate surface area is 150 Å². The monoisotopic (exact) mass is 346 g/mol. The molecule has 7 nitrogen and oxygen atoms in total. The van der Waals surface area contributed by atoms with E-state index in [0.717, 1.165) is 16.3 Å². The first-order valence-electron chi connectivity index (χ1n) is 7.93. The summed E-state index contributed by atoms with van der Waals surface area (Å²) in [7, 11) is 0. The van der Waals surface area contributed by atoms with Crippen LogP contribution in [0.5, 0.6) is 0 Å². The lowest BCUT2D eigenvalue weighted by molar-refractivity contribution is 0.102. The number of benzene rings is 2. The number of nitrogens with one attached hydrogen (secondary N) is 1. The van der Waals surface area contributed by atoms with Gasteiger partial charge in [-0.1, -0.05) is 36.4 Å². The van der Waals surface area contributed by atoms with Gasteiger partial charge in [-0.2, -0.15) is 5.10 Å². The molecule has 1 heterocycles. The van der Waals surface area contributed by atoms with Crippen LogP contribution in [0.25, 0.3) is 10.8 Å². The number of anilines is 1. The van der Waals surface area contributed by atoms with Crippen LogP contribution in [0.15, 0.2) is 71.0 Å². The number of carbonyl (C=O) groups is 1. The molecule has 1 aromatic heterocycles. The number of hydrogen-bond acceptors (Lipinski definition) is 4. The number of fused-ring (bicyclic) bond motifs is 1. The summed E-state index contributed by atoms with van der Waals surface area (Å²) in [5.74, 6) is -0.370. The molecule has 1 amide bonds. The number of nitrogens with two attached hydrogens (primary N) is 2. The number of amides is 1. The van der Waals surface area contributed by atoms with Gasteiger partial charge in [0.05, 0.1) is 5.71 Å². The third kappa shape index (κ3) is 4.02. The van der Waals surface area contributed by atoms with Gasteiger partial charge in [-0.05, 0) is 36.1 Å². The maximum atomic E-state index is 12.4. The molecule has 0 saturated heterocycles. The van der Waals surface area contributed by atoms with Gasteiger partial charge in [0.25, 0.3) is 5.91 Å². The van der Waals surface area contributed by atoms with Crippen molar-refractivity contribution in [2.45, 2.75) is 6.92 Å². The van der Waals surface area contributed by atoms with Crippen molar-refractivity contribution in [3.63, 3.8) is 0 Å². The van der Waals surface area contributed by atoms with E-state index in [4.69, 9.17) is 11.5 Å². The van der Waals surface area contributed by atoms with Gasteiger partial charge in [0, 0.05) is 17.3 Å². The second-order valence-electron chi connectivity index (χ2n) is 5.66. The number of rotatable bonds is 4. The summed E-state index contributed by atoms with van der Waals surface area (Å²) in [5, 5.41) is 12.3. The Morgan fingerprint density at radius 3 is 2.38 bits per heavy atom. The van der Waals surface area contributed by atoms with Crippen molar-refractivity contribution in [3.8, 4) is 0 Å². The molecule has 3 rings (SSSR count). The summed E-state index contributed by atoms with van der Waals surface area (Å²) >= 11 is 0. The first kappa shape index (κ1) is 17.1. The molecular weight excluding hydrogens is 328 g/mol. The predicted octanol–water partition coefficient (Wildman–Crippen LogP) is 2.48. The second kappa shape index (κ2) is 7.43. The molecule has 0 aliphatic heterocycles. The fourth-order valence-electron chi connectivity index (χ4n) is 2.39. The molecule has 0 unspecified atom stereocenters. The summed E-state index contributed by atoms with van der Waals surface area (Å²) < 4.78 is 0. The highest BCUT2D eigenvalue weighted by molar-refractivity contribution is 6.05. The Balaban J connectivity index is 1.74. The lowest BCUT2D eigenvalue weighted by Gasteiger charge is -2.07. The number of hydrogen-bond donors (Lipinski definition) is 3. The molecule has 0 radical (unpaired) electrons. The van der Waals surface area contributed by atoms with E-state index < -0.39 is 0 Å². The van der Waals surface area contributed by atoms with Crippen molar-refractivity contribution in [3.05, 3.63) is 72.1 Å². The summed E-state index contributed by atoms with van der Waals surface area (Å²) in [5.41, 5.74) is 13.0. The molecule has 0 atom stereocenters. The lowest BCUT2D eigenvalue weighted by atomic mass is 10.1. The molecule has 0 bridgehead atoms. The number of pyridine rings is 1. The lowest BCUT2D eigenvalue weighted by Crippen LogP contribution is -2.22. The zero-order chi connectivity index (χ0) is 18.5. The molecule has 5 N–H and O–H groups in total. The molecule has 0 spiro atoms. The van der Waals surface area contributed by atoms with E-state index in [0.29, 0.717) is 17.1 Å². The topological polar surface area (TPSA) is 119 Å². The van der Waals surface area contributed by atoms with E-state index in [1.54, 1.807) is 31.3 Å². The summed E-state index contributed by atoms with van der Waals surface area (Å²) in [6.45, 7) is 1.79. The molecule has 0 aliphatic rings. The van der Waals surface area contributed by atoms with E-state index in [1.165, 1.54) is 0 Å². The average molecular weight is 346 g/mol. The van der Waals surface area contributed by atoms with Crippen LogP contribution in [0.4, 0.5) is 5.69 Å². The Kier molecular flexibility index (Phi) is 4.89. The number of nitrogens with zero attached hydrogens (tertiary/aromatic N) is 3. The molecule has 0 saturated carbocycles. The van der Waals surface area contributed by atoms with Gasteiger partial charge < -0.3 is 16.8 Å². The minimum Gasteiger partial charge on any atom is -0.369 e. The quantitative estimate of drug-likeness (QED) is 0.382.